The minimum absolute atomic E-state index is 0.135. The molecule has 0 aliphatic heterocycles. The molecule has 0 bridgehead atoms. The average Bonchev–Trinajstić information content (AvgIpc) is 2.44. The van der Waals surface area contributed by atoms with Gasteiger partial charge >= 0.3 is 5.69 Å². The maximum Gasteiger partial charge on any atom is 0.347 e. The maximum atomic E-state index is 11.9. The van der Waals surface area contributed by atoms with Gasteiger partial charge in [-0.05, 0) is 24.6 Å². The predicted octanol–water partition coefficient (Wildman–Crippen LogP) is 1.82. The first kappa shape index (κ1) is 15.1. The van der Waals surface area contributed by atoms with Crippen molar-refractivity contribution in [3.63, 3.8) is 0 Å². The molecule has 0 aliphatic rings. The minimum atomic E-state index is -0.438. The molecular weight excluding hydrogens is 292 g/mol. The highest BCUT2D eigenvalue weighted by Gasteiger charge is 2.07. The van der Waals surface area contributed by atoms with Gasteiger partial charge in [-0.2, -0.15) is 0 Å². The van der Waals surface area contributed by atoms with Gasteiger partial charge < -0.3 is 11.1 Å². The fraction of sp³-hybridized carbons (Fsp3) is 0.214. The molecule has 110 valence electrons. The minimum Gasteiger partial charge on any atom is -0.399 e. The lowest BCUT2D eigenvalue weighted by molar-refractivity contribution is -0.116. The van der Waals surface area contributed by atoms with E-state index >= 15 is 0 Å². The highest BCUT2D eigenvalue weighted by Crippen LogP contribution is 2.18. The SMILES string of the molecule is Cc1ccc(N)cc1NC(=O)CCn1cc(Cl)cnc1=O. The zero-order valence-electron chi connectivity index (χ0n) is 11.5. The zero-order valence-corrected chi connectivity index (χ0v) is 12.2. The summed E-state index contributed by atoms with van der Waals surface area (Å²) in [7, 11) is 0. The summed E-state index contributed by atoms with van der Waals surface area (Å²) in [5, 5.41) is 3.12. The van der Waals surface area contributed by atoms with Crippen LogP contribution < -0.4 is 16.7 Å². The molecule has 3 N–H and O–H groups in total. The van der Waals surface area contributed by atoms with Crippen molar-refractivity contribution in [2.24, 2.45) is 0 Å². The van der Waals surface area contributed by atoms with Crippen LogP contribution in [0.4, 0.5) is 11.4 Å². The van der Waals surface area contributed by atoms with E-state index in [1.54, 1.807) is 12.1 Å². The van der Waals surface area contributed by atoms with E-state index in [0.29, 0.717) is 16.4 Å². The number of hydrogen-bond acceptors (Lipinski definition) is 4. The van der Waals surface area contributed by atoms with E-state index in [1.807, 2.05) is 13.0 Å². The van der Waals surface area contributed by atoms with E-state index < -0.39 is 5.69 Å². The van der Waals surface area contributed by atoms with Crippen molar-refractivity contribution in [1.29, 1.82) is 0 Å². The first-order chi connectivity index (χ1) is 9.95. The molecule has 1 amide bonds. The predicted molar refractivity (Wildman–Crippen MR) is 82.3 cm³/mol. The normalized spacial score (nSPS) is 10.4. The van der Waals surface area contributed by atoms with Gasteiger partial charge in [0.25, 0.3) is 0 Å². The van der Waals surface area contributed by atoms with E-state index in [2.05, 4.69) is 10.3 Å². The van der Waals surface area contributed by atoms with Crippen LogP contribution in [-0.4, -0.2) is 15.5 Å². The number of nitrogens with one attached hydrogen (secondary N) is 1. The average molecular weight is 307 g/mol. The van der Waals surface area contributed by atoms with Crippen LogP contribution >= 0.6 is 11.6 Å². The second-order valence-electron chi connectivity index (χ2n) is 4.62. The van der Waals surface area contributed by atoms with E-state index in [-0.39, 0.29) is 18.9 Å². The van der Waals surface area contributed by atoms with Gasteiger partial charge in [-0.25, -0.2) is 9.78 Å². The standard InChI is InChI=1S/C14H15ClN4O2/c1-9-2-3-11(16)6-12(9)18-13(20)4-5-19-8-10(15)7-17-14(19)21/h2-3,6-8H,4-5,16H2,1H3,(H,18,20). The molecule has 0 fully saturated rings. The molecule has 1 aromatic carbocycles. The van der Waals surface area contributed by atoms with Gasteiger partial charge in [-0.3, -0.25) is 9.36 Å². The van der Waals surface area contributed by atoms with E-state index in [4.69, 9.17) is 17.3 Å². The molecule has 2 rings (SSSR count). The van der Waals surface area contributed by atoms with Crippen molar-refractivity contribution >= 4 is 28.9 Å². The molecule has 0 spiro atoms. The summed E-state index contributed by atoms with van der Waals surface area (Å²) in [6.45, 7) is 2.08. The third kappa shape index (κ3) is 4.06. The largest absolute Gasteiger partial charge is 0.399 e. The molecule has 1 aromatic heterocycles. The summed E-state index contributed by atoms with van der Waals surface area (Å²) < 4.78 is 1.30. The van der Waals surface area contributed by atoms with Gasteiger partial charge in [-0.1, -0.05) is 17.7 Å². The van der Waals surface area contributed by atoms with Crippen LogP contribution in [0.5, 0.6) is 0 Å². The molecule has 0 saturated carbocycles. The fourth-order valence-corrected chi connectivity index (χ4v) is 1.96. The number of aromatic nitrogens is 2. The van der Waals surface area contributed by atoms with Crippen molar-refractivity contribution < 1.29 is 4.79 Å². The molecule has 0 unspecified atom stereocenters. The van der Waals surface area contributed by atoms with E-state index in [0.717, 1.165) is 5.56 Å². The smallest absolute Gasteiger partial charge is 0.347 e. The quantitative estimate of drug-likeness (QED) is 0.843. The van der Waals surface area contributed by atoms with Crippen LogP contribution in [0.3, 0.4) is 0 Å². The Morgan fingerprint density at radius 3 is 3.00 bits per heavy atom. The third-order valence-corrected chi connectivity index (χ3v) is 3.13. The van der Waals surface area contributed by atoms with Crippen molar-refractivity contribution in [2.75, 3.05) is 11.1 Å². The maximum absolute atomic E-state index is 11.9. The molecule has 0 atom stereocenters. The Bertz CT molecular complexity index is 727. The van der Waals surface area contributed by atoms with Gasteiger partial charge in [0.05, 0.1) is 11.2 Å². The van der Waals surface area contributed by atoms with Crippen LogP contribution in [0.2, 0.25) is 5.02 Å². The Labute approximate surface area is 126 Å². The Morgan fingerprint density at radius 1 is 1.48 bits per heavy atom. The number of benzene rings is 1. The first-order valence-electron chi connectivity index (χ1n) is 6.33. The van der Waals surface area contributed by atoms with Gasteiger partial charge in [0.15, 0.2) is 0 Å². The number of rotatable bonds is 4. The number of anilines is 2. The first-order valence-corrected chi connectivity index (χ1v) is 6.71. The lowest BCUT2D eigenvalue weighted by atomic mass is 10.2. The topological polar surface area (TPSA) is 90.0 Å². The van der Waals surface area contributed by atoms with Crippen molar-refractivity contribution in [2.45, 2.75) is 19.9 Å². The number of nitrogen functional groups attached to an aromatic ring is 1. The Morgan fingerprint density at radius 2 is 2.24 bits per heavy atom. The second-order valence-corrected chi connectivity index (χ2v) is 5.06. The van der Waals surface area contributed by atoms with Crippen LogP contribution in [-0.2, 0) is 11.3 Å². The fourth-order valence-electron chi connectivity index (χ4n) is 1.80. The summed E-state index contributed by atoms with van der Waals surface area (Å²) in [6.07, 6.45) is 2.86. The lowest BCUT2D eigenvalue weighted by Gasteiger charge is -2.10. The van der Waals surface area contributed by atoms with Crippen LogP contribution in [0, 0.1) is 6.92 Å². The number of carbonyl (C=O) groups excluding carboxylic acids is 1. The Kier molecular flexibility index (Phi) is 4.59. The summed E-state index contributed by atoms with van der Waals surface area (Å²) in [5.74, 6) is -0.212. The van der Waals surface area contributed by atoms with Gasteiger partial charge in [0, 0.05) is 30.5 Å². The van der Waals surface area contributed by atoms with Crippen molar-refractivity contribution in [1.82, 2.24) is 9.55 Å². The highest BCUT2D eigenvalue weighted by molar-refractivity contribution is 6.30. The van der Waals surface area contributed by atoms with Crippen LogP contribution in [0.1, 0.15) is 12.0 Å². The third-order valence-electron chi connectivity index (χ3n) is 2.94. The molecule has 0 saturated heterocycles. The highest BCUT2D eigenvalue weighted by atomic mass is 35.5. The Hall–Kier alpha value is -2.34. The van der Waals surface area contributed by atoms with Gasteiger partial charge in [-0.15, -0.1) is 0 Å². The lowest BCUT2D eigenvalue weighted by Crippen LogP contribution is -2.24. The van der Waals surface area contributed by atoms with Gasteiger partial charge in [0.2, 0.25) is 5.91 Å². The monoisotopic (exact) mass is 306 g/mol. The number of hydrogen-bond donors (Lipinski definition) is 2. The summed E-state index contributed by atoms with van der Waals surface area (Å²) in [6, 6.07) is 5.29. The van der Waals surface area contributed by atoms with Crippen molar-refractivity contribution in [3.05, 3.63) is 51.7 Å². The molecule has 0 aliphatic carbocycles. The number of aryl methyl sites for hydroxylation is 2. The summed E-state index contributed by atoms with van der Waals surface area (Å²) >= 11 is 5.76. The number of carbonyl (C=O) groups is 1. The van der Waals surface area contributed by atoms with E-state index in [9.17, 15) is 9.59 Å². The number of amides is 1. The molecule has 7 heteroatoms. The molecule has 2 aromatic rings. The number of nitrogens with zero attached hydrogens (tertiary/aromatic N) is 2. The molecular formula is C14H15ClN4O2. The molecule has 6 nitrogen and oxygen atoms in total. The van der Waals surface area contributed by atoms with Crippen LogP contribution in [0.25, 0.3) is 0 Å². The summed E-state index contributed by atoms with van der Waals surface area (Å²) in [4.78, 5) is 27.0. The van der Waals surface area contributed by atoms with Crippen LogP contribution in [0.15, 0.2) is 35.4 Å². The summed E-state index contributed by atoms with van der Waals surface area (Å²) in [5.41, 5.74) is 7.40. The number of nitrogens with two attached hydrogens (primary N) is 1. The number of halogens is 1. The molecule has 21 heavy (non-hydrogen) atoms. The molecule has 1 heterocycles. The Balaban J connectivity index is 2.01. The zero-order chi connectivity index (χ0) is 15.4. The second kappa shape index (κ2) is 6.41. The molecule has 0 radical (unpaired) electrons. The van der Waals surface area contributed by atoms with Gasteiger partial charge in [0.1, 0.15) is 0 Å². The van der Waals surface area contributed by atoms with Crippen molar-refractivity contribution in [3.8, 4) is 0 Å². The van der Waals surface area contributed by atoms with E-state index in [1.165, 1.54) is 17.0 Å².